The van der Waals surface area contributed by atoms with E-state index in [1.54, 1.807) is 19.1 Å². The lowest BCUT2D eigenvalue weighted by molar-refractivity contribution is 0.302. The second-order valence-corrected chi connectivity index (χ2v) is 3.09. The Labute approximate surface area is 84.4 Å². The Kier molecular flexibility index (Phi) is 6.69. The molecule has 3 nitrogen and oxygen atoms in total. The maximum atomic E-state index is 11.0. The SMILES string of the molecule is CCO[PH](=O)Oc1ccccc1.Cl. The van der Waals surface area contributed by atoms with Gasteiger partial charge in [0.2, 0.25) is 0 Å². The molecule has 0 bridgehead atoms. The van der Waals surface area contributed by atoms with Crippen LogP contribution in [0.25, 0.3) is 0 Å². The smallest absolute Gasteiger partial charge is 0.367 e. The quantitative estimate of drug-likeness (QED) is 0.735. The van der Waals surface area contributed by atoms with Crippen LogP contribution in [0.2, 0.25) is 0 Å². The molecular formula is C8H12ClO3P. The molecule has 0 aliphatic heterocycles. The van der Waals surface area contributed by atoms with Crippen LogP contribution in [0.4, 0.5) is 0 Å². The van der Waals surface area contributed by atoms with Gasteiger partial charge in [-0.05, 0) is 19.1 Å². The fourth-order valence-electron chi connectivity index (χ4n) is 0.732. The van der Waals surface area contributed by atoms with E-state index in [1.165, 1.54) is 0 Å². The molecule has 0 saturated heterocycles. The maximum absolute atomic E-state index is 11.0. The van der Waals surface area contributed by atoms with Crippen LogP contribution >= 0.6 is 20.7 Å². The number of halogens is 1. The highest BCUT2D eigenvalue weighted by Crippen LogP contribution is 2.26. The molecule has 0 aromatic heterocycles. The van der Waals surface area contributed by atoms with E-state index in [1.807, 2.05) is 18.2 Å². The Bertz CT molecular complexity index is 253. The summed E-state index contributed by atoms with van der Waals surface area (Å²) in [6.07, 6.45) is 0. The summed E-state index contributed by atoms with van der Waals surface area (Å²) in [6, 6.07) is 8.97. The third kappa shape index (κ3) is 4.94. The average molecular weight is 223 g/mol. The second kappa shape index (κ2) is 6.96. The topological polar surface area (TPSA) is 35.5 Å². The average Bonchev–Trinajstić information content (AvgIpc) is 2.06. The first kappa shape index (κ1) is 12.5. The summed E-state index contributed by atoms with van der Waals surface area (Å²) in [4.78, 5) is 0. The summed E-state index contributed by atoms with van der Waals surface area (Å²) in [5, 5.41) is 0. The van der Waals surface area contributed by atoms with Gasteiger partial charge in [-0.2, -0.15) is 0 Å². The largest absolute Gasteiger partial charge is 0.426 e. The maximum Gasteiger partial charge on any atom is 0.367 e. The normalized spacial score (nSPS) is 11.5. The summed E-state index contributed by atoms with van der Waals surface area (Å²) >= 11 is 0. The fraction of sp³-hybridized carbons (Fsp3) is 0.250. The van der Waals surface area contributed by atoms with Crippen molar-refractivity contribution in [1.29, 1.82) is 0 Å². The van der Waals surface area contributed by atoms with E-state index in [2.05, 4.69) is 0 Å². The van der Waals surface area contributed by atoms with Gasteiger partial charge in [0, 0.05) is 0 Å². The summed E-state index contributed by atoms with van der Waals surface area (Å²) in [7, 11) is -2.34. The highest BCUT2D eigenvalue weighted by atomic mass is 35.5. The van der Waals surface area contributed by atoms with Gasteiger partial charge < -0.3 is 9.05 Å². The third-order valence-electron chi connectivity index (χ3n) is 1.21. The summed E-state index contributed by atoms with van der Waals surface area (Å²) in [5.74, 6) is 0.579. The number of rotatable bonds is 4. The van der Waals surface area contributed by atoms with Gasteiger partial charge in [0.1, 0.15) is 5.75 Å². The molecule has 74 valence electrons. The Balaban J connectivity index is 0.00000144. The van der Waals surface area contributed by atoms with Gasteiger partial charge in [0.15, 0.2) is 0 Å². The van der Waals surface area contributed by atoms with E-state index >= 15 is 0 Å². The van der Waals surface area contributed by atoms with E-state index in [-0.39, 0.29) is 12.4 Å². The van der Waals surface area contributed by atoms with Crippen LogP contribution in [-0.4, -0.2) is 6.61 Å². The second-order valence-electron chi connectivity index (χ2n) is 2.10. The monoisotopic (exact) mass is 222 g/mol. The molecule has 0 radical (unpaired) electrons. The molecular weight excluding hydrogens is 211 g/mol. The molecule has 1 atom stereocenters. The van der Waals surface area contributed by atoms with E-state index in [0.29, 0.717) is 12.4 Å². The number of hydrogen-bond acceptors (Lipinski definition) is 3. The zero-order valence-corrected chi connectivity index (χ0v) is 9.04. The van der Waals surface area contributed by atoms with Crippen LogP contribution in [0, 0.1) is 0 Å². The Morgan fingerprint density at radius 1 is 1.31 bits per heavy atom. The zero-order chi connectivity index (χ0) is 8.81. The Morgan fingerprint density at radius 2 is 1.92 bits per heavy atom. The minimum atomic E-state index is -2.34. The number of para-hydroxylation sites is 1. The minimum absolute atomic E-state index is 0. The first-order valence-electron chi connectivity index (χ1n) is 3.72. The van der Waals surface area contributed by atoms with Gasteiger partial charge in [-0.1, -0.05) is 18.2 Å². The van der Waals surface area contributed by atoms with Crippen molar-refractivity contribution in [1.82, 2.24) is 0 Å². The van der Waals surface area contributed by atoms with E-state index in [0.717, 1.165) is 0 Å². The van der Waals surface area contributed by atoms with E-state index < -0.39 is 8.25 Å². The lowest BCUT2D eigenvalue weighted by Crippen LogP contribution is -1.85. The minimum Gasteiger partial charge on any atom is -0.426 e. The molecule has 1 unspecified atom stereocenters. The van der Waals surface area contributed by atoms with Crippen molar-refractivity contribution in [2.75, 3.05) is 6.61 Å². The molecule has 0 spiro atoms. The summed E-state index contributed by atoms with van der Waals surface area (Å²) in [6.45, 7) is 2.18. The molecule has 1 rings (SSSR count). The molecule has 0 fully saturated rings. The molecule has 1 aromatic carbocycles. The predicted molar refractivity (Wildman–Crippen MR) is 54.9 cm³/mol. The van der Waals surface area contributed by atoms with Crippen LogP contribution < -0.4 is 4.52 Å². The summed E-state index contributed by atoms with van der Waals surface area (Å²) in [5.41, 5.74) is 0. The Morgan fingerprint density at radius 3 is 2.46 bits per heavy atom. The Hall–Kier alpha value is -0.500. The molecule has 0 saturated carbocycles. The highest BCUT2D eigenvalue weighted by Gasteiger charge is 1.98. The molecule has 0 aliphatic rings. The van der Waals surface area contributed by atoms with Crippen LogP contribution in [0.15, 0.2) is 30.3 Å². The molecule has 0 amide bonds. The van der Waals surface area contributed by atoms with Gasteiger partial charge in [-0.15, -0.1) is 12.4 Å². The standard InChI is InChI=1S/C8H11O3P.ClH/c1-2-10-12(9)11-8-6-4-3-5-7-8;/h3-7,12H,2H2,1H3;1H. The first-order valence-corrected chi connectivity index (χ1v) is 4.95. The lowest BCUT2D eigenvalue weighted by atomic mass is 10.3. The molecule has 13 heavy (non-hydrogen) atoms. The van der Waals surface area contributed by atoms with Crippen molar-refractivity contribution in [3.63, 3.8) is 0 Å². The van der Waals surface area contributed by atoms with Gasteiger partial charge in [-0.3, -0.25) is 0 Å². The van der Waals surface area contributed by atoms with Gasteiger partial charge in [0.05, 0.1) is 6.61 Å². The van der Waals surface area contributed by atoms with Crippen LogP contribution in [0.1, 0.15) is 6.92 Å². The first-order chi connectivity index (χ1) is 5.83. The zero-order valence-electron chi connectivity index (χ0n) is 7.23. The number of hydrogen-bond donors (Lipinski definition) is 0. The third-order valence-corrected chi connectivity index (χ3v) is 2.13. The molecule has 0 aliphatic carbocycles. The van der Waals surface area contributed by atoms with E-state index in [4.69, 9.17) is 9.05 Å². The van der Waals surface area contributed by atoms with Gasteiger partial charge >= 0.3 is 8.25 Å². The highest BCUT2D eigenvalue weighted by molar-refractivity contribution is 7.33. The molecule has 5 heteroatoms. The van der Waals surface area contributed by atoms with Crippen LogP contribution in [0.5, 0.6) is 5.75 Å². The van der Waals surface area contributed by atoms with Gasteiger partial charge in [-0.25, -0.2) is 4.57 Å². The van der Waals surface area contributed by atoms with E-state index in [9.17, 15) is 4.57 Å². The van der Waals surface area contributed by atoms with Crippen molar-refractivity contribution in [3.8, 4) is 5.75 Å². The van der Waals surface area contributed by atoms with Crippen LogP contribution in [-0.2, 0) is 9.09 Å². The van der Waals surface area contributed by atoms with Crippen molar-refractivity contribution < 1.29 is 13.6 Å². The van der Waals surface area contributed by atoms with Crippen molar-refractivity contribution in [3.05, 3.63) is 30.3 Å². The molecule has 1 aromatic rings. The van der Waals surface area contributed by atoms with Gasteiger partial charge in [0.25, 0.3) is 0 Å². The van der Waals surface area contributed by atoms with Crippen molar-refractivity contribution in [2.24, 2.45) is 0 Å². The molecule has 0 N–H and O–H groups in total. The number of benzene rings is 1. The van der Waals surface area contributed by atoms with Crippen molar-refractivity contribution >= 4 is 20.7 Å². The fourth-order valence-corrected chi connectivity index (χ4v) is 1.36. The summed E-state index contributed by atoms with van der Waals surface area (Å²) < 4.78 is 20.7. The lowest BCUT2D eigenvalue weighted by Gasteiger charge is -2.03. The van der Waals surface area contributed by atoms with Crippen LogP contribution in [0.3, 0.4) is 0 Å². The predicted octanol–water partition coefficient (Wildman–Crippen LogP) is 2.91. The van der Waals surface area contributed by atoms with Crippen molar-refractivity contribution in [2.45, 2.75) is 6.92 Å². The molecule has 0 heterocycles.